The molecule has 0 aliphatic rings. The van der Waals surface area contributed by atoms with Gasteiger partial charge >= 0.3 is 0 Å². The minimum absolute atomic E-state index is 0.333. The molecule has 0 saturated carbocycles. The highest BCUT2D eigenvalue weighted by Gasteiger charge is 1.91. The summed E-state index contributed by atoms with van der Waals surface area (Å²) in [4.78, 5) is 10.8. The summed E-state index contributed by atoms with van der Waals surface area (Å²) in [6.07, 6.45) is 7.94. The highest BCUT2D eigenvalue weighted by Crippen LogP contribution is 2.12. The largest absolute Gasteiger partial charge is 0.497 e. The zero-order valence-corrected chi connectivity index (χ0v) is 7.86. The molecule has 1 aromatic rings. The van der Waals surface area contributed by atoms with Crippen LogP contribution in [0.15, 0.2) is 30.3 Å². The lowest BCUT2D eigenvalue weighted by Gasteiger charge is -1.98. The molecular formula is C12H10O2. The molecule has 0 aliphatic carbocycles. The van der Waals surface area contributed by atoms with E-state index in [-0.39, 0.29) is 5.78 Å². The molecule has 70 valence electrons. The second-order valence-corrected chi connectivity index (χ2v) is 2.62. The molecule has 0 aliphatic heterocycles. The number of allylic oxidation sites excluding steroid dienone is 1. The van der Waals surface area contributed by atoms with Crippen molar-refractivity contribution in [3.63, 3.8) is 0 Å². The number of rotatable bonds is 3. The van der Waals surface area contributed by atoms with Crippen LogP contribution in [0.4, 0.5) is 0 Å². The minimum atomic E-state index is -0.333. The fourth-order valence-corrected chi connectivity index (χ4v) is 0.935. The Morgan fingerprint density at radius 1 is 1.43 bits per heavy atom. The van der Waals surface area contributed by atoms with E-state index in [0.29, 0.717) is 0 Å². The van der Waals surface area contributed by atoms with Gasteiger partial charge in [0.15, 0.2) is 0 Å². The highest BCUT2D eigenvalue weighted by molar-refractivity contribution is 6.06. The van der Waals surface area contributed by atoms with Crippen molar-refractivity contribution in [1.82, 2.24) is 0 Å². The lowest BCUT2D eigenvalue weighted by molar-refractivity contribution is -0.109. The van der Waals surface area contributed by atoms with Crippen LogP contribution in [0.2, 0.25) is 0 Å². The van der Waals surface area contributed by atoms with Crippen molar-refractivity contribution < 1.29 is 9.53 Å². The van der Waals surface area contributed by atoms with E-state index in [2.05, 4.69) is 0 Å². The number of carbonyl (C=O) groups is 1. The minimum Gasteiger partial charge on any atom is -0.497 e. The molecule has 0 atom stereocenters. The first-order valence-corrected chi connectivity index (χ1v) is 4.09. The SMILES string of the molecule is C#CC(=O)/C=C/c1ccc(OC)cc1. The molecule has 0 bridgehead atoms. The Balaban J connectivity index is 2.74. The zero-order valence-electron chi connectivity index (χ0n) is 7.86. The van der Waals surface area contributed by atoms with Gasteiger partial charge in [-0.15, -0.1) is 6.42 Å². The fraction of sp³-hybridized carbons (Fsp3) is 0.0833. The van der Waals surface area contributed by atoms with Gasteiger partial charge in [-0.25, -0.2) is 0 Å². The zero-order chi connectivity index (χ0) is 10.4. The number of terminal acetylenes is 1. The van der Waals surface area contributed by atoms with Crippen LogP contribution >= 0.6 is 0 Å². The van der Waals surface area contributed by atoms with Gasteiger partial charge in [-0.1, -0.05) is 18.2 Å². The molecule has 0 saturated heterocycles. The van der Waals surface area contributed by atoms with Crippen LogP contribution in [-0.2, 0) is 4.79 Å². The average molecular weight is 186 g/mol. The standard InChI is InChI=1S/C12H10O2/c1-3-11(13)7-4-10-5-8-12(14-2)9-6-10/h1,4-9H,2H3/b7-4+. The third-order valence-corrected chi connectivity index (χ3v) is 1.69. The summed E-state index contributed by atoms with van der Waals surface area (Å²) in [7, 11) is 1.60. The predicted octanol–water partition coefficient (Wildman–Crippen LogP) is 1.91. The van der Waals surface area contributed by atoms with Crippen molar-refractivity contribution in [3.8, 4) is 18.1 Å². The molecule has 2 heteroatoms. The number of ketones is 1. The van der Waals surface area contributed by atoms with Gasteiger partial charge in [0.05, 0.1) is 7.11 Å². The smallest absolute Gasteiger partial charge is 0.228 e. The molecule has 1 rings (SSSR count). The molecule has 0 heterocycles. The number of carbonyl (C=O) groups excluding carboxylic acids is 1. The quantitative estimate of drug-likeness (QED) is 0.409. The van der Waals surface area contributed by atoms with Gasteiger partial charge in [-0.2, -0.15) is 0 Å². The molecule has 0 aromatic heterocycles. The molecule has 2 nitrogen and oxygen atoms in total. The second-order valence-electron chi connectivity index (χ2n) is 2.62. The fourth-order valence-electron chi connectivity index (χ4n) is 0.935. The van der Waals surface area contributed by atoms with Crippen molar-refractivity contribution in [1.29, 1.82) is 0 Å². The number of hydrogen-bond acceptors (Lipinski definition) is 2. The van der Waals surface area contributed by atoms with Gasteiger partial charge in [0.2, 0.25) is 5.78 Å². The van der Waals surface area contributed by atoms with Crippen LogP contribution in [-0.4, -0.2) is 12.9 Å². The lowest BCUT2D eigenvalue weighted by atomic mass is 10.2. The van der Waals surface area contributed by atoms with Gasteiger partial charge in [-0.05, 0) is 29.7 Å². The Bertz CT molecular complexity index is 380. The van der Waals surface area contributed by atoms with Crippen LogP contribution < -0.4 is 4.74 Å². The summed E-state index contributed by atoms with van der Waals surface area (Å²) in [6, 6.07) is 7.33. The van der Waals surface area contributed by atoms with E-state index >= 15 is 0 Å². The second kappa shape index (κ2) is 4.88. The Kier molecular flexibility index (Phi) is 3.51. The van der Waals surface area contributed by atoms with E-state index < -0.39 is 0 Å². The van der Waals surface area contributed by atoms with E-state index in [0.717, 1.165) is 11.3 Å². The summed E-state index contributed by atoms with van der Waals surface area (Å²) in [5, 5.41) is 0. The first kappa shape index (κ1) is 10.1. The van der Waals surface area contributed by atoms with E-state index in [9.17, 15) is 4.79 Å². The summed E-state index contributed by atoms with van der Waals surface area (Å²) >= 11 is 0. The van der Waals surface area contributed by atoms with Crippen LogP contribution in [0, 0.1) is 12.3 Å². The summed E-state index contributed by atoms with van der Waals surface area (Å²) in [5.74, 6) is 2.46. The molecule has 0 radical (unpaired) electrons. The van der Waals surface area contributed by atoms with Gasteiger partial charge in [0.1, 0.15) is 5.75 Å². The van der Waals surface area contributed by atoms with E-state index in [1.165, 1.54) is 6.08 Å². The van der Waals surface area contributed by atoms with Gasteiger partial charge in [-0.3, -0.25) is 4.79 Å². The van der Waals surface area contributed by atoms with Crippen molar-refractivity contribution >= 4 is 11.9 Å². The molecule has 1 aromatic carbocycles. The predicted molar refractivity (Wildman–Crippen MR) is 55.9 cm³/mol. The first-order chi connectivity index (χ1) is 6.76. The normalized spacial score (nSPS) is 9.71. The van der Waals surface area contributed by atoms with Crippen LogP contribution in [0.25, 0.3) is 6.08 Å². The number of ether oxygens (including phenoxy) is 1. The third-order valence-electron chi connectivity index (χ3n) is 1.69. The molecule has 0 N–H and O–H groups in total. The lowest BCUT2D eigenvalue weighted by Crippen LogP contribution is -1.84. The molecule has 0 amide bonds. The summed E-state index contributed by atoms with van der Waals surface area (Å²) in [5.41, 5.74) is 0.911. The first-order valence-electron chi connectivity index (χ1n) is 4.09. The Morgan fingerprint density at radius 2 is 2.07 bits per heavy atom. The Labute approximate surface area is 83.2 Å². The number of benzene rings is 1. The number of methoxy groups -OCH3 is 1. The van der Waals surface area contributed by atoms with Crippen molar-refractivity contribution in [2.75, 3.05) is 7.11 Å². The summed E-state index contributed by atoms with van der Waals surface area (Å²) in [6.45, 7) is 0. The number of hydrogen-bond donors (Lipinski definition) is 0. The van der Waals surface area contributed by atoms with Gasteiger partial charge in [0.25, 0.3) is 0 Å². The Morgan fingerprint density at radius 3 is 2.57 bits per heavy atom. The molecule has 14 heavy (non-hydrogen) atoms. The average Bonchev–Trinajstić information content (AvgIpc) is 2.26. The van der Waals surface area contributed by atoms with Crippen molar-refractivity contribution in [2.24, 2.45) is 0 Å². The van der Waals surface area contributed by atoms with Crippen LogP contribution in [0.5, 0.6) is 5.75 Å². The van der Waals surface area contributed by atoms with Crippen molar-refractivity contribution in [2.45, 2.75) is 0 Å². The van der Waals surface area contributed by atoms with Gasteiger partial charge < -0.3 is 4.74 Å². The van der Waals surface area contributed by atoms with Crippen molar-refractivity contribution in [3.05, 3.63) is 35.9 Å². The van der Waals surface area contributed by atoms with Crippen LogP contribution in [0.3, 0.4) is 0 Å². The Hall–Kier alpha value is -2.01. The molecule has 0 fully saturated rings. The van der Waals surface area contributed by atoms with E-state index in [1.54, 1.807) is 13.2 Å². The third kappa shape index (κ3) is 2.80. The maximum Gasteiger partial charge on any atom is 0.228 e. The molecule has 0 spiro atoms. The highest BCUT2D eigenvalue weighted by atomic mass is 16.5. The topological polar surface area (TPSA) is 26.3 Å². The van der Waals surface area contributed by atoms with Gasteiger partial charge in [0, 0.05) is 0 Å². The maximum absolute atomic E-state index is 10.8. The summed E-state index contributed by atoms with van der Waals surface area (Å²) < 4.78 is 4.99. The van der Waals surface area contributed by atoms with Crippen LogP contribution in [0.1, 0.15) is 5.56 Å². The van der Waals surface area contributed by atoms with E-state index in [1.807, 2.05) is 30.2 Å². The molecule has 0 unspecified atom stereocenters. The van der Waals surface area contributed by atoms with E-state index in [4.69, 9.17) is 11.2 Å². The monoisotopic (exact) mass is 186 g/mol. The molecular weight excluding hydrogens is 176 g/mol. The maximum atomic E-state index is 10.8.